The van der Waals surface area contributed by atoms with Crippen LogP contribution in [0.25, 0.3) is 0 Å². The molecular formula is C37H69N2O6P. The highest BCUT2D eigenvalue weighted by Gasteiger charge is 2.26. The van der Waals surface area contributed by atoms with Gasteiger partial charge in [0, 0.05) is 13.0 Å². The van der Waals surface area contributed by atoms with Gasteiger partial charge in [-0.05, 0) is 64.2 Å². The van der Waals surface area contributed by atoms with Crippen molar-refractivity contribution in [2.45, 2.75) is 161 Å². The summed E-state index contributed by atoms with van der Waals surface area (Å²) in [7, 11) is -4.34. The summed E-state index contributed by atoms with van der Waals surface area (Å²) in [5, 5.41) is 13.5. The summed E-state index contributed by atoms with van der Waals surface area (Å²) in [5.74, 6) is -0.218. The minimum atomic E-state index is -4.34. The highest BCUT2D eigenvalue weighted by Crippen LogP contribution is 2.43. The lowest BCUT2D eigenvalue weighted by molar-refractivity contribution is -0.123. The van der Waals surface area contributed by atoms with Gasteiger partial charge in [0.15, 0.2) is 0 Å². The van der Waals surface area contributed by atoms with Gasteiger partial charge in [0.05, 0.1) is 25.4 Å². The van der Waals surface area contributed by atoms with Crippen molar-refractivity contribution in [3.8, 4) is 0 Å². The first-order valence-electron chi connectivity index (χ1n) is 18.3. The molecule has 0 aliphatic rings. The van der Waals surface area contributed by atoms with E-state index in [2.05, 4.69) is 55.6 Å². The summed E-state index contributed by atoms with van der Waals surface area (Å²) in [5.41, 5.74) is 5.34. The second-order valence-electron chi connectivity index (χ2n) is 12.1. The Hall–Kier alpha value is -1.54. The minimum Gasteiger partial charge on any atom is -0.387 e. The van der Waals surface area contributed by atoms with Crippen LogP contribution in [-0.4, -0.2) is 47.8 Å². The maximum absolute atomic E-state index is 12.6. The molecule has 268 valence electrons. The van der Waals surface area contributed by atoms with E-state index in [0.717, 1.165) is 57.8 Å². The molecule has 0 aliphatic carbocycles. The fourth-order valence-electron chi connectivity index (χ4n) is 4.82. The first-order chi connectivity index (χ1) is 22.4. The van der Waals surface area contributed by atoms with Crippen molar-refractivity contribution in [2.75, 3.05) is 19.8 Å². The van der Waals surface area contributed by atoms with Gasteiger partial charge in [-0.15, -0.1) is 0 Å². The van der Waals surface area contributed by atoms with Crippen molar-refractivity contribution in [2.24, 2.45) is 5.73 Å². The number of allylic oxidation sites excluding steroid dienone is 7. The summed E-state index contributed by atoms with van der Waals surface area (Å²) in [6.07, 6.45) is 38.8. The van der Waals surface area contributed by atoms with E-state index in [0.29, 0.717) is 6.42 Å². The number of hydrogen-bond acceptors (Lipinski definition) is 6. The molecule has 0 saturated carbocycles. The number of nitrogens with one attached hydrogen (secondary N) is 1. The number of carbonyl (C=O) groups excluding carboxylic acids is 1. The zero-order chi connectivity index (χ0) is 34.0. The molecule has 0 aliphatic heterocycles. The van der Waals surface area contributed by atoms with Crippen molar-refractivity contribution in [1.29, 1.82) is 0 Å². The van der Waals surface area contributed by atoms with Crippen LogP contribution in [-0.2, 0) is 18.4 Å². The molecule has 0 rings (SSSR count). The van der Waals surface area contributed by atoms with E-state index in [9.17, 15) is 19.4 Å². The molecule has 5 N–H and O–H groups in total. The number of phosphoric acid groups is 1. The summed E-state index contributed by atoms with van der Waals surface area (Å²) in [6, 6.07) is -0.879. The maximum atomic E-state index is 12.6. The Morgan fingerprint density at radius 2 is 1.22 bits per heavy atom. The second-order valence-corrected chi connectivity index (χ2v) is 13.5. The third-order valence-electron chi connectivity index (χ3n) is 7.63. The molecule has 3 unspecified atom stereocenters. The zero-order valence-corrected chi connectivity index (χ0v) is 30.2. The SMILES string of the molecule is CCCCC/C=C/CC/C=C/C(O)C(COP(=O)(O)OCCN)NC(=O)CCCCCCCCC/C=C\C/C=C\CCCCCC. The number of unbranched alkanes of at least 4 members (excludes halogenated alkanes) is 15. The van der Waals surface area contributed by atoms with Gasteiger partial charge >= 0.3 is 7.82 Å². The molecule has 46 heavy (non-hydrogen) atoms. The van der Waals surface area contributed by atoms with Crippen molar-refractivity contribution >= 4 is 13.7 Å². The third-order valence-corrected chi connectivity index (χ3v) is 8.61. The van der Waals surface area contributed by atoms with Gasteiger partial charge < -0.3 is 21.1 Å². The van der Waals surface area contributed by atoms with Crippen LogP contribution in [0.2, 0.25) is 0 Å². The number of amides is 1. The van der Waals surface area contributed by atoms with Crippen LogP contribution in [0.15, 0.2) is 48.6 Å². The average molecular weight is 669 g/mol. The molecule has 0 aromatic heterocycles. The lowest BCUT2D eigenvalue weighted by atomic mass is 10.1. The van der Waals surface area contributed by atoms with Crippen molar-refractivity contribution < 1.29 is 28.4 Å². The first kappa shape index (κ1) is 44.5. The summed E-state index contributed by atoms with van der Waals surface area (Å²) in [6.45, 7) is 4.01. The van der Waals surface area contributed by atoms with Crippen LogP contribution in [0.3, 0.4) is 0 Å². The van der Waals surface area contributed by atoms with Crippen molar-refractivity contribution in [3.63, 3.8) is 0 Å². The number of phosphoric ester groups is 1. The lowest BCUT2D eigenvalue weighted by Gasteiger charge is -2.23. The van der Waals surface area contributed by atoms with Gasteiger partial charge in [-0.25, -0.2) is 4.57 Å². The van der Waals surface area contributed by atoms with Crippen LogP contribution in [0, 0.1) is 0 Å². The standard InChI is InChI=1S/C37H69N2O6P/c1-3-5-7-9-11-13-14-15-16-17-18-19-20-21-23-25-27-29-31-37(41)39-35(34-45-46(42,43)44-33-32-38)36(40)30-28-26-24-22-12-10-8-6-4-2/h12-14,16-17,22,28,30,35-36,40H,3-11,15,18-21,23-27,29,31-34,38H2,1-2H3,(H,39,41)(H,42,43)/b14-13-,17-16-,22-12+,30-28+. The number of hydrogen-bond donors (Lipinski definition) is 4. The highest BCUT2D eigenvalue weighted by atomic mass is 31.2. The molecule has 0 aromatic carbocycles. The van der Waals surface area contributed by atoms with E-state index < -0.39 is 20.0 Å². The van der Waals surface area contributed by atoms with Gasteiger partial charge in [0.25, 0.3) is 0 Å². The van der Waals surface area contributed by atoms with Gasteiger partial charge in [0.1, 0.15) is 0 Å². The number of aliphatic hydroxyl groups excluding tert-OH is 1. The fraction of sp³-hybridized carbons (Fsp3) is 0.757. The minimum absolute atomic E-state index is 0.0707. The second kappa shape index (κ2) is 33.4. The third kappa shape index (κ3) is 31.1. The molecular weight excluding hydrogens is 599 g/mol. The van der Waals surface area contributed by atoms with E-state index in [1.165, 1.54) is 70.6 Å². The Bertz CT molecular complexity index is 861. The Labute approximate surface area is 282 Å². The lowest BCUT2D eigenvalue weighted by Crippen LogP contribution is -2.45. The molecule has 9 heteroatoms. The molecule has 0 bridgehead atoms. The number of carbonyl (C=O) groups is 1. The van der Waals surface area contributed by atoms with Gasteiger partial charge in [-0.3, -0.25) is 13.8 Å². The van der Waals surface area contributed by atoms with E-state index in [-0.39, 0.29) is 25.7 Å². The Morgan fingerprint density at radius 3 is 1.85 bits per heavy atom. The topological polar surface area (TPSA) is 131 Å². The maximum Gasteiger partial charge on any atom is 0.472 e. The Kier molecular flexibility index (Phi) is 32.2. The molecule has 0 aromatic rings. The smallest absolute Gasteiger partial charge is 0.387 e. The summed E-state index contributed by atoms with van der Waals surface area (Å²) < 4.78 is 21.9. The fourth-order valence-corrected chi connectivity index (χ4v) is 5.58. The molecule has 8 nitrogen and oxygen atoms in total. The number of rotatable bonds is 33. The molecule has 3 atom stereocenters. The van der Waals surface area contributed by atoms with Gasteiger partial charge in [-0.1, -0.05) is 127 Å². The monoisotopic (exact) mass is 668 g/mol. The van der Waals surface area contributed by atoms with Crippen LogP contribution in [0.5, 0.6) is 0 Å². The Balaban J connectivity index is 4.29. The molecule has 0 spiro atoms. The van der Waals surface area contributed by atoms with Crippen LogP contribution >= 0.6 is 7.82 Å². The van der Waals surface area contributed by atoms with Crippen molar-refractivity contribution in [1.82, 2.24) is 5.32 Å². The predicted octanol–water partition coefficient (Wildman–Crippen LogP) is 9.38. The van der Waals surface area contributed by atoms with Crippen LogP contribution in [0.4, 0.5) is 0 Å². The van der Waals surface area contributed by atoms with E-state index >= 15 is 0 Å². The molecule has 0 radical (unpaired) electrons. The zero-order valence-electron chi connectivity index (χ0n) is 29.3. The number of nitrogens with two attached hydrogens (primary N) is 1. The van der Waals surface area contributed by atoms with E-state index in [4.69, 9.17) is 14.8 Å². The van der Waals surface area contributed by atoms with Crippen molar-refractivity contribution in [3.05, 3.63) is 48.6 Å². The molecule has 0 fully saturated rings. The van der Waals surface area contributed by atoms with Crippen LogP contribution < -0.4 is 11.1 Å². The van der Waals surface area contributed by atoms with E-state index in [1.807, 2.05) is 6.08 Å². The number of aliphatic hydroxyl groups is 1. The van der Waals surface area contributed by atoms with E-state index in [1.54, 1.807) is 6.08 Å². The quantitative estimate of drug-likeness (QED) is 0.0311. The largest absolute Gasteiger partial charge is 0.472 e. The van der Waals surface area contributed by atoms with Crippen LogP contribution in [0.1, 0.15) is 149 Å². The normalized spacial score (nSPS) is 15.0. The van der Waals surface area contributed by atoms with Gasteiger partial charge in [-0.2, -0.15) is 0 Å². The highest BCUT2D eigenvalue weighted by molar-refractivity contribution is 7.47. The predicted molar refractivity (Wildman–Crippen MR) is 194 cm³/mol. The van der Waals surface area contributed by atoms with Gasteiger partial charge in [0.2, 0.25) is 5.91 Å². The first-order valence-corrected chi connectivity index (χ1v) is 19.8. The summed E-state index contributed by atoms with van der Waals surface area (Å²) in [4.78, 5) is 22.5. The summed E-state index contributed by atoms with van der Waals surface area (Å²) >= 11 is 0. The average Bonchev–Trinajstić information content (AvgIpc) is 3.04. The molecule has 0 heterocycles. The Morgan fingerprint density at radius 1 is 0.717 bits per heavy atom. The molecule has 0 saturated heterocycles. The molecule has 1 amide bonds.